The number of halogens is 2. The number of quaternary nitrogens is 1. The van der Waals surface area contributed by atoms with Gasteiger partial charge in [0.1, 0.15) is 11.3 Å². The predicted molar refractivity (Wildman–Crippen MR) is 100 cm³/mol. The monoisotopic (exact) mass is 378 g/mol. The van der Waals surface area contributed by atoms with Crippen molar-refractivity contribution < 1.29 is 14.1 Å². The zero-order valence-electron chi connectivity index (χ0n) is 13.9. The van der Waals surface area contributed by atoms with Gasteiger partial charge >= 0.3 is 0 Å². The molecule has 4 nitrogen and oxygen atoms in total. The number of hydrogen-bond acceptors (Lipinski definition) is 3. The SMILES string of the molecule is C[NH+](C)CCN(C(=O)c1cccc(Cl)c1)c1nc2c(F)cccc2s1. The van der Waals surface area contributed by atoms with Crippen LogP contribution in [0, 0.1) is 5.82 Å². The number of carbonyl (C=O) groups is 1. The lowest BCUT2D eigenvalue weighted by molar-refractivity contribution is -0.856. The minimum Gasteiger partial charge on any atom is -0.338 e. The van der Waals surface area contributed by atoms with E-state index in [1.807, 2.05) is 14.1 Å². The minimum absolute atomic E-state index is 0.191. The zero-order valence-corrected chi connectivity index (χ0v) is 15.5. The van der Waals surface area contributed by atoms with Crippen LogP contribution in [0.1, 0.15) is 10.4 Å². The molecule has 130 valence electrons. The van der Waals surface area contributed by atoms with E-state index >= 15 is 0 Å². The van der Waals surface area contributed by atoms with E-state index < -0.39 is 0 Å². The molecule has 25 heavy (non-hydrogen) atoms. The number of carbonyl (C=O) groups excluding carboxylic acids is 1. The average molecular weight is 379 g/mol. The van der Waals surface area contributed by atoms with E-state index in [1.165, 1.54) is 22.3 Å². The van der Waals surface area contributed by atoms with Crippen molar-refractivity contribution in [3.8, 4) is 0 Å². The van der Waals surface area contributed by atoms with Crippen LogP contribution in [0.5, 0.6) is 0 Å². The first kappa shape index (κ1) is 17.8. The molecule has 0 saturated carbocycles. The van der Waals surface area contributed by atoms with Crippen molar-refractivity contribution in [1.29, 1.82) is 0 Å². The number of para-hydroxylation sites is 1. The Labute approximate surface area is 154 Å². The Morgan fingerprint density at radius 1 is 1.28 bits per heavy atom. The molecule has 2 aromatic carbocycles. The first-order valence-corrected chi connectivity index (χ1v) is 9.06. The molecule has 0 radical (unpaired) electrons. The standard InChI is InChI=1S/C18H17ClFN3OS/c1-22(2)9-10-23(17(24)12-5-3-6-13(19)11-12)18-21-16-14(20)7-4-8-15(16)25-18/h3-8,11H,9-10H2,1-2H3/p+1. The van der Waals surface area contributed by atoms with Crippen LogP contribution < -0.4 is 9.80 Å². The summed E-state index contributed by atoms with van der Waals surface area (Å²) >= 11 is 7.32. The second-order valence-electron chi connectivity index (χ2n) is 6.01. The molecular formula is C18H18ClFN3OS+. The Kier molecular flexibility index (Phi) is 5.32. The second kappa shape index (κ2) is 7.47. The molecule has 0 fully saturated rings. The number of anilines is 1. The summed E-state index contributed by atoms with van der Waals surface area (Å²) in [6.07, 6.45) is 0. The maximum absolute atomic E-state index is 14.0. The Morgan fingerprint density at radius 3 is 2.72 bits per heavy atom. The number of amides is 1. The highest BCUT2D eigenvalue weighted by Gasteiger charge is 2.23. The van der Waals surface area contributed by atoms with E-state index in [2.05, 4.69) is 4.98 Å². The summed E-state index contributed by atoms with van der Waals surface area (Å²) in [6, 6.07) is 11.6. The van der Waals surface area contributed by atoms with Gasteiger partial charge in [0.25, 0.3) is 5.91 Å². The third kappa shape index (κ3) is 3.98. The summed E-state index contributed by atoms with van der Waals surface area (Å²) in [5.74, 6) is -0.573. The van der Waals surface area contributed by atoms with Crippen molar-refractivity contribution in [1.82, 2.24) is 4.98 Å². The van der Waals surface area contributed by atoms with Crippen molar-refractivity contribution in [2.75, 3.05) is 32.1 Å². The van der Waals surface area contributed by atoms with E-state index in [0.717, 1.165) is 11.2 Å². The quantitative estimate of drug-likeness (QED) is 0.741. The van der Waals surface area contributed by atoms with Gasteiger partial charge in [-0.05, 0) is 30.3 Å². The smallest absolute Gasteiger partial charge is 0.260 e. The number of nitrogens with one attached hydrogen (secondary N) is 1. The van der Waals surface area contributed by atoms with E-state index in [-0.39, 0.29) is 11.7 Å². The third-order valence-corrected chi connectivity index (χ3v) is 5.02. The van der Waals surface area contributed by atoms with Gasteiger partial charge in [-0.2, -0.15) is 0 Å². The Hall–Kier alpha value is -2.02. The summed E-state index contributed by atoms with van der Waals surface area (Å²) < 4.78 is 14.7. The fourth-order valence-corrected chi connectivity index (χ4v) is 3.61. The Morgan fingerprint density at radius 2 is 2.04 bits per heavy atom. The van der Waals surface area contributed by atoms with Crippen LogP contribution in [0.25, 0.3) is 10.2 Å². The zero-order chi connectivity index (χ0) is 18.0. The number of aromatic nitrogens is 1. The second-order valence-corrected chi connectivity index (χ2v) is 7.45. The molecule has 0 aliphatic rings. The average Bonchev–Trinajstić information content (AvgIpc) is 3.00. The predicted octanol–water partition coefficient (Wildman–Crippen LogP) is 2.88. The van der Waals surface area contributed by atoms with Crippen LogP contribution in [-0.2, 0) is 0 Å². The molecule has 1 amide bonds. The van der Waals surface area contributed by atoms with E-state index in [4.69, 9.17) is 11.6 Å². The van der Waals surface area contributed by atoms with Crippen LogP contribution in [0.2, 0.25) is 5.02 Å². The molecule has 0 bridgehead atoms. The van der Waals surface area contributed by atoms with Crippen LogP contribution in [0.4, 0.5) is 9.52 Å². The molecule has 7 heteroatoms. The molecule has 0 spiro atoms. The molecule has 1 heterocycles. The van der Waals surface area contributed by atoms with E-state index in [0.29, 0.717) is 27.8 Å². The molecule has 3 rings (SSSR count). The maximum Gasteiger partial charge on any atom is 0.260 e. The summed E-state index contributed by atoms with van der Waals surface area (Å²) in [7, 11) is 4.03. The van der Waals surface area contributed by atoms with E-state index in [1.54, 1.807) is 41.3 Å². The molecule has 0 aliphatic carbocycles. The van der Waals surface area contributed by atoms with Crippen molar-refractivity contribution >= 4 is 44.2 Å². The lowest BCUT2D eigenvalue weighted by Gasteiger charge is -2.20. The topological polar surface area (TPSA) is 37.6 Å². The van der Waals surface area contributed by atoms with Crippen molar-refractivity contribution in [3.05, 3.63) is 58.9 Å². The van der Waals surface area contributed by atoms with Crippen LogP contribution >= 0.6 is 22.9 Å². The molecule has 0 aliphatic heterocycles. The normalized spacial score (nSPS) is 11.2. The van der Waals surface area contributed by atoms with Gasteiger partial charge in [-0.15, -0.1) is 0 Å². The lowest BCUT2D eigenvalue weighted by atomic mass is 10.2. The highest BCUT2D eigenvalue weighted by molar-refractivity contribution is 7.22. The van der Waals surface area contributed by atoms with E-state index in [9.17, 15) is 9.18 Å². The van der Waals surface area contributed by atoms with Gasteiger partial charge < -0.3 is 4.90 Å². The maximum atomic E-state index is 14.0. The van der Waals surface area contributed by atoms with Gasteiger partial charge in [0.05, 0.1) is 31.9 Å². The Bertz CT molecular complexity index is 912. The highest BCUT2D eigenvalue weighted by atomic mass is 35.5. The number of hydrogen-bond donors (Lipinski definition) is 1. The molecule has 0 saturated heterocycles. The van der Waals surface area contributed by atoms with Crippen LogP contribution in [0.15, 0.2) is 42.5 Å². The van der Waals surface area contributed by atoms with Crippen LogP contribution in [0.3, 0.4) is 0 Å². The number of benzene rings is 2. The van der Waals surface area contributed by atoms with Crippen molar-refractivity contribution in [2.24, 2.45) is 0 Å². The minimum atomic E-state index is -0.381. The first-order valence-electron chi connectivity index (χ1n) is 7.87. The third-order valence-electron chi connectivity index (χ3n) is 3.74. The Balaban J connectivity index is 2.01. The molecule has 0 atom stereocenters. The molecule has 1 aromatic heterocycles. The number of thiazole rings is 1. The summed E-state index contributed by atoms with van der Waals surface area (Å²) in [6.45, 7) is 1.22. The summed E-state index contributed by atoms with van der Waals surface area (Å²) in [4.78, 5) is 20.2. The largest absolute Gasteiger partial charge is 0.338 e. The first-order chi connectivity index (χ1) is 12.0. The number of fused-ring (bicyclic) bond motifs is 1. The molecule has 3 aromatic rings. The van der Waals surface area contributed by atoms with Gasteiger partial charge in [-0.25, -0.2) is 9.37 Å². The van der Waals surface area contributed by atoms with Crippen LogP contribution in [-0.4, -0.2) is 38.1 Å². The van der Waals surface area contributed by atoms with Gasteiger partial charge in [0, 0.05) is 10.6 Å². The van der Waals surface area contributed by atoms with Crippen molar-refractivity contribution in [2.45, 2.75) is 0 Å². The fraction of sp³-hybridized carbons (Fsp3) is 0.222. The van der Waals surface area contributed by atoms with Gasteiger partial charge in [-0.1, -0.05) is 35.1 Å². The summed E-state index contributed by atoms with van der Waals surface area (Å²) in [5.41, 5.74) is 0.782. The molecular weight excluding hydrogens is 361 g/mol. The number of rotatable bonds is 5. The fourth-order valence-electron chi connectivity index (χ4n) is 2.42. The van der Waals surface area contributed by atoms with Gasteiger partial charge in [-0.3, -0.25) is 9.69 Å². The van der Waals surface area contributed by atoms with Crippen molar-refractivity contribution in [3.63, 3.8) is 0 Å². The summed E-state index contributed by atoms with van der Waals surface area (Å²) in [5, 5.41) is 0.991. The highest BCUT2D eigenvalue weighted by Crippen LogP contribution is 2.31. The number of likely N-dealkylation sites (N-methyl/N-ethyl adjacent to an activating group) is 1. The number of nitrogens with zero attached hydrogens (tertiary/aromatic N) is 2. The molecule has 1 N–H and O–H groups in total. The van der Waals surface area contributed by atoms with Gasteiger partial charge in [0.15, 0.2) is 5.13 Å². The van der Waals surface area contributed by atoms with Gasteiger partial charge in [0.2, 0.25) is 0 Å². The molecule has 0 unspecified atom stereocenters. The lowest BCUT2D eigenvalue weighted by Crippen LogP contribution is -3.06.